The van der Waals surface area contributed by atoms with Crippen LogP contribution >= 0.6 is 11.3 Å². The predicted octanol–water partition coefficient (Wildman–Crippen LogP) is 2.05. The third-order valence-electron chi connectivity index (χ3n) is 6.45. The van der Waals surface area contributed by atoms with Crippen molar-refractivity contribution in [2.45, 2.75) is 51.6 Å². The first kappa shape index (κ1) is 28.7. The van der Waals surface area contributed by atoms with Crippen LogP contribution in [0.4, 0.5) is 0 Å². The minimum Gasteiger partial charge on any atom is -0.381 e. The summed E-state index contributed by atoms with van der Waals surface area (Å²) in [4.78, 5) is 44.6. The largest absolute Gasteiger partial charge is 0.381 e. The zero-order valence-electron chi connectivity index (χ0n) is 22.3. The van der Waals surface area contributed by atoms with Crippen LogP contribution in [-0.2, 0) is 32.0 Å². The summed E-state index contributed by atoms with van der Waals surface area (Å²) in [5.41, 5.74) is 2.58. The highest BCUT2D eigenvalue weighted by atomic mass is 32.1. The third kappa shape index (κ3) is 8.62. The van der Waals surface area contributed by atoms with Crippen molar-refractivity contribution in [2.75, 3.05) is 40.4 Å². The molecule has 0 spiro atoms. The average molecular weight is 530 g/mol. The fraction of sp³-hybridized carbons (Fsp3) is 0.556. The number of ether oxygens (including phenoxy) is 1. The van der Waals surface area contributed by atoms with Gasteiger partial charge in [-0.3, -0.25) is 14.4 Å². The summed E-state index contributed by atoms with van der Waals surface area (Å²) in [6.45, 7) is 9.32. The van der Waals surface area contributed by atoms with Gasteiger partial charge in [-0.1, -0.05) is 19.6 Å². The molecule has 1 aromatic carbocycles. The van der Waals surface area contributed by atoms with E-state index in [0.29, 0.717) is 31.8 Å². The Morgan fingerprint density at radius 2 is 1.95 bits per heavy atom. The maximum Gasteiger partial charge on any atom is 0.247 e. The Morgan fingerprint density at radius 3 is 2.59 bits per heavy atom. The van der Waals surface area contributed by atoms with Crippen LogP contribution < -0.4 is 16.0 Å². The molecule has 37 heavy (non-hydrogen) atoms. The lowest BCUT2D eigenvalue weighted by Crippen LogP contribution is -2.55. The molecule has 1 aliphatic rings. The summed E-state index contributed by atoms with van der Waals surface area (Å²) >= 11 is 1.54. The molecule has 3 N–H and O–H groups in total. The maximum absolute atomic E-state index is 13.5. The van der Waals surface area contributed by atoms with Crippen molar-refractivity contribution in [3.8, 4) is 0 Å². The summed E-state index contributed by atoms with van der Waals surface area (Å²) in [6, 6.07) is 5.11. The Morgan fingerprint density at radius 1 is 1.22 bits per heavy atom. The summed E-state index contributed by atoms with van der Waals surface area (Å²) in [6.07, 6.45) is 2.79. The topological polar surface area (TPSA) is 113 Å². The first-order valence-electron chi connectivity index (χ1n) is 12.8. The quantitative estimate of drug-likeness (QED) is 0.363. The maximum atomic E-state index is 13.5. The van der Waals surface area contributed by atoms with Crippen LogP contribution in [0.3, 0.4) is 0 Å². The Kier molecular flexibility index (Phi) is 10.6. The zero-order valence-corrected chi connectivity index (χ0v) is 23.1. The number of thiazole rings is 1. The van der Waals surface area contributed by atoms with Gasteiger partial charge in [-0.15, -0.1) is 11.3 Å². The number of rotatable bonds is 12. The number of likely N-dealkylation sites (N-methyl/N-ethyl adjacent to an activating group) is 1. The number of benzene rings is 1. The monoisotopic (exact) mass is 529 g/mol. The van der Waals surface area contributed by atoms with Crippen molar-refractivity contribution in [3.63, 3.8) is 0 Å². The van der Waals surface area contributed by atoms with Crippen molar-refractivity contribution in [1.29, 1.82) is 0 Å². The van der Waals surface area contributed by atoms with Gasteiger partial charge >= 0.3 is 0 Å². The molecule has 0 radical (unpaired) electrons. The first-order chi connectivity index (χ1) is 17.7. The van der Waals surface area contributed by atoms with Crippen LogP contribution in [0.2, 0.25) is 0 Å². The summed E-state index contributed by atoms with van der Waals surface area (Å²) in [5.74, 6) is -0.667. The second-order valence-electron chi connectivity index (χ2n) is 9.84. The van der Waals surface area contributed by atoms with Crippen LogP contribution in [0.5, 0.6) is 0 Å². The number of carbonyl (C=O) groups excluding carboxylic acids is 3. The first-order valence-corrected chi connectivity index (χ1v) is 13.6. The molecule has 2 aromatic rings. The number of hydrogen-bond acceptors (Lipinski definition) is 7. The van der Waals surface area contributed by atoms with Gasteiger partial charge in [0, 0.05) is 51.3 Å². The number of aromatic nitrogens is 1. The Bertz CT molecular complexity index is 1110. The molecule has 3 amide bonds. The van der Waals surface area contributed by atoms with Gasteiger partial charge in [0.05, 0.1) is 15.2 Å². The Hall–Kier alpha value is -2.82. The minimum atomic E-state index is -0.773. The molecule has 10 heteroatoms. The van der Waals surface area contributed by atoms with Gasteiger partial charge in [0.15, 0.2) is 0 Å². The normalized spacial score (nSPS) is 15.8. The molecule has 0 bridgehead atoms. The van der Waals surface area contributed by atoms with Gasteiger partial charge in [0.25, 0.3) is 0 Å². The van der Waals surface area contributed by atoms with Crippen molar-refractivity contribution in [2.24, 2.45) is 5.92 Å². The Labute approximate surface area is 223 Å². The Balaban J connectivity index is 1.72. The molecule has 202 valence electrons. The molecule has 1 saturated heterocycles. The van der Waals surface area contributed by atoms with E-state index in [1.54, 1.807) is 0 Å². The van der Waals surface area contributed by atoms with Gasteiger partial charge in [0.2, 0.25) is 17.7 Å². The van der Waals surface area contributed by atoms with E-state index in [1.807, 2.05) is 25.1 Å². The number of aryl methyl sites for hydroxylation is 1. The second-order valence-corrected chi connectivity index (χ2v) is 11.0. The van der Waals surface area contributed by atoms with E-state index in [4.69, 9.17) is 4.74 Å². The molecule has 2 atom stereocenters. The fourth-order valence-corrected chi connectivity index (χ4v) is 5.55. The number of hydrogen-bond donors (Lipinski definition) is 3. The molecular weight excluding hydrogens is 490 g/mol. The van der Waals surface area contributed by atoms with Crippen LogP contribution in [-0.4, -0.2) is 80.1 Å². The lowest BCUT2D eigenvalue weighted by molar-refractivity contribution is -0.129. The summed E-state index contributed by atoms with van der Waals surface area (Å²) in [5, 5.41) is 9.62. The van der Waals surface area contributed by atoms with Crippen LogP contribution in [0.1, 0.15) is 37.3 Å². The van der Waals surface area contributed by atoms with Gasteiger partial charge in [-0.05, 0) is 57.0 Å². The SMILES string of the molecule is C=C(CN(C)C)C(=O)NC[C@@H](NC(=O)[C@H](Cc1nc2ccc(CC)cc2s1)NC(C)=O)C1CCOCC1. The fourth-order valence-electron chi connectivity index (χ4n) is 4.47. The molecular formula is C27H39N5O4S. The number of amides is 3. The molecule has 0 aliphatic carbocycles. The van der Waals surface area contributed by atoms with Crippen LogP contribution in [0, 0.1) is 5.92 Å². The van der Waals surface area contributed by atoms with Gasteiger partial charge in [-0.25, -0.2) is 4.98 Å². The molecule has 1 aromatic heterocycles. The van der Waals surface area contributed by atoms with E-state index >= 15 is 0 Å². The predicted molar refractivity (Wildman–Crippen MR) is 146 cm³/mol. The number of fused-ring (bicyclic) bond motifs is 1. The van der Waals surface area contributed by atoms with E-state index in [0.717, 1.165) is 34.5 Å². The number of nitrogens with one attached hydrogen (secondary N) is 3. The molecule has 1 fully saturated rings. The van der Waals surface area contributed by atoms with E-state index in [2.05, 4.69) is 46.6 Å². The molecule has 2 heterocycles. The van der Waals surface area contributed by atoms with Crippen molar-refractivity contribution in [3.05, 3.63) is 40.9 Å². The third-order valence-corrected chi connectivity index (χ3v) is 7.49. The van der Waals surface area contributed by atoms with Gasteiger partial charge in [0.1, 0.15) is 6.04 Å². The van der Waals surface area contributed by atoms with Gasteiger partial charge in [-0.2, -0.15) is 0 Å². The summed E-state index contributed by atoms with van der Waals surface area (Å²) < 4.78 is 6.57. The number of nitrogens with zero attached hydrogens (tertiary/aromatic N) is 2. The van der Waals surface area contributed by atoms with Crippen molar-refractivity contribution < 1.29 is 19.1 Å². The standard InChI is InChI=1S/C27H39N5O4S/c1-6-19-7-8-21-24(13-19)37-25(30-21)14-22(29-18(3)33)27(35)31-23(20-9-11-36-12-10-20)15-28-26(34)17(2)16-32(4)5/h7-8,13,20,22-23H,2,6,9-12,14-16H2,1,3-5H3,(H,28,34)(H,29,33)(H,31,35)/t22-,23+/m0/s1. The van der Waals surface area contributed by atoms with Crippen LogP contribution in [0.25, 0.3) is 10.2 Å². The lowest BCUT2D eigenvalue weighted by atomic mass is 9.91. The highest BCUT2D eigenvalue weighted by Crippen LogP contribution is 2.25. The number of carbonyl (C=O) groups is 3. The van der Waals surface area contributed by atoms with E-state index in [-0.39, 0.29) is 36.2 Å². The summed E-state index contributed by atoms with van der Waals surface area (Å²) in [7, 11) is 3.75. The highest BCUT2D eigenvalue weighted by Gasteiger charge is 2.30. The molecule has 9 nitrogen and oxygen atoms in total. The lowest BCUT2D eigenvalue weighted by Gasteiger charge is -2.32. The molecule has 1 aliphatic heterocycles. The van der Waals surface area contributed by atoms with Crippen molar-refractivity contribution in [1.82, 2.24) is 25.8 Å². The molecule has 3 rings (SSSR count). The van der Waals surface area contributed by atoms with Gasteiger partial charge < -0.3 is 25.6 Å². The average Bonchev–Trinajstić information content (AvgIpc) is 3.27. The van der Waals surface area contributed by atoms with E-state index < -0.39 is 6.04 Å². The second kappa shape index (κ2) is 13.6. The minimum absolute atomic E-state index is 0.146. The van der Waals surface area contributed by atoms with E-state index in [1.165, 1.54) is 23.8 Å². The highest BCUT2D eigenvalue weighted by molar-refractivity contribution is 7.18. The van der Waals surface area contributed by atoms with E-state index in [9.17, 15) is 14.4 Å². The van der Waals surface area contributed by atoms with Crippen molar-refractivity contribution >= 4 is 39.3 Å². The molecule has 0 unspecified atom stereocenters. The van der Waals surface area contributed by atoms with Crippen LogP contribution in [0.15, 0.2) is 30.4 Å². The molecule has 0 saturated carbocycles. The smallest absolute Gasteiger partial charge is 0.247 e. The zero-order chi connectivity index (χ0) is 26.9.